The molecule has 250 valence electrons. The first-order valence-corrected chi connectivity index (χ1v) is 15.5. The van der Waals surface area contributed by atoms with Crippen LogP contribution in [0.5, 0.6) is 5.75 Å². The van der Waals surface area contributed by atoms with Gasteiger partial charge in [0.1, 0.15) is 17.6 Å². The van der Waals surface area contributed by atoms with Gasteiger partial charge in [0.2, 0.25) is 15.9 Å². The number of amides is 2. The van der Waals surface area contributed by atoms with Crippen LogP contribution in [0.2, 0.25) is 5.02 Å². The van der Waals surface area contributed by atoms with Gasteiger partial charge < -0.3 is 14.8 Å². The summed E-state index contributed by atoms with van der Waals surface area (Å²) in [4.78, 5) is 39.0. The van der Waals surface area contributed by atoms with Crippen molar-refractivity contribution >= 4 is 39.1 Å². The zero-order valence-corrected chi connectivity index (χ0v) is 26.2. The molecule has 0 saturated carbocycles. The van der Waals surface area contributed by atoms with E-state index >= 15 is 0 Å². The molecule has 2 aromatic heterocycles. The molecule has 0 aliphatic heterocycles. The van der Waals surface area contributed by atoms with Crippen molar-refractivity contribution in [3.8, 4) is 22.6 Å². The summed E-state index contributed by atoms with van der Waals surface area (Å²) in [5, 5.41) is 9.36. The molecule has 1 atom stereocenters. The molecule has 19 heteroatoms. The van der Waals surface area contributed by atoms with Crippen molar-refractivity contribution in [2.24, 2.45) is 0 Å². The van der Waals surface area contributed by atoms with Crippen molar-refractivity contribution in [3.05, 3.63) is 87.3 Å². The standard InChI is InChI=1S/C28H25ClF4N6O7S/c1-45-9-8-22(27(42)34-16-5-6-17(20(30)11-16)26(41)36-47(3,43)44)38-13-23(46-2)19(12-25(38)40)18-10-15(29)4-7-21(18)39-14-24(35-37-39)28(31,32)33/h4-7,10-14,22H,8-9H2,1-3H3,(H,34,42)(H,36,41)/t22-/m0/s1. The van der Waals surface area contributed by atoms with Gasteiger partial charge in [-0.05, 0) is 36.4 Å². The molecular formula is C28H25ClF4N6O7S. The van der Waals surface area contributed by atoms with Crippen molar-refractivity contribution in [1.29, 1.82) is 0 Å². The number of carbonyl (C=O) groups excluding carboxylic acids is 2. The summed E-state index contributed by atoms with van der Waals surface area (Å²) in [5.41, 5.74) is -2.36. The first kappa shape index (κ1) is 35.1. The molecule has 0 saturated heterocycles. The summed E-state index contributed by atoms with van der Waals surface area (Å²) in [6, 6.07) is 6.93. The van der Waals surface area contributed by atoms with Gasteiger partial charge in [0, 0.05) is 48.0 Å². The zero-order chi connectivity index (χ0) is 34.7. The Morgan fingerprint density at radius 2 is 1.79 bits per heavy atom. The molecule has 2 aromatic carbocycles. The Kier molecular flexibility index (Phi) is 10.4. The van der Waals surface area contributed by atoms with Gasteiger partial charge in [0.05, 0.1) is 37.0 Å². The lowest BCUT2D eigenvalue weighted by Crippen LogP contribution is -2.34. The predicted molar refractivity (Wildman–Crippen MR) is 160 cm³/mol. The van der Waals surface area contributed by atoms with E-state index in [-0.39, 0.29) is 46.3 Å². The van der Waals surface area contributed by atoms with Crippen molar-refractivity contribution in [2.75, 3.05) is 32.4 Å². The van der Waals surface area contributed by atoms with Crippen LogP contribution in [0.3, 0.4) is 0 Å². The lowest BCUT2D eigenvalue weighted by molar-refractivity contribution is -0.141. The molecule has 0 radical (unpaired) electrons. The molecule has 0 aliphatic rings. The van der Waals surface area contributed by atoms with Crippen LogP contribution in [0, 0.1) is 5.82 Å². The normalized spacial score (nSPS) is 12.4. The number of nitrogens with one attached hydrogen (secondary N) is 2. The summed E-state index contributed by atoms with van der Waals surface area (Å²) in [5.74, 6) is -3.12. The SMILES string of the molecule is COCC[C@@H](C(=O)Nc1ccc(C(=O)NS(C)(=O)=O)c(F)c1)n1cc(OC)c(-c2cc(Cl)ccc2-n2cc(C(F)(F)F)nn2)cc1=O. The van der Waals surface area contributed by atoms with Crippen molar-refractivity contribution < 1.29 is 45.0 Å². The Balaban J connectivity index is 1.72. The Hall–Kier alpha value is -4.81. The topological polar surface area (TPSA) is 164 Å². The summed E-state index contributed by atoms with van der Waals surface area (Å²) in [6.07, 6.45) is -2.22. The van der Waals surface area contributed by atoms with E-state index in [1.54, 1.807) is 4.72 Å². The highest BCUT2D eigenvalue weighted by atomic mass is 35.5. The Labute approximate surface area is 269 Å². The smallest absolute Gasteiger partial charge is 0.436 e. The van der Waals surface area contributed by atoms with Gasteiger partial charge in [-0.3, -0.25) is 19.0 Å². The number of nitrogens with zero attached hydrogens (tertiary/aromatic N) is 4. The van der Waals surface area contributed by atoms with Crippen molar-refractivity contribution in [3.63, 3.8) is 0 Å². The molecule has 2 N–H and O–H groups in total. The summed E-state index contributed by atoms with van der Waals surface area (Å²) in [7, 11) is -1.33. The highest BCUT2D eigenvalue weighted by molar-refractivity contribution is 7.89. The number of anilines is 1. The molecule has 0 aliphatic carbocycles. The third-order valence-electron chi connectivity index (χ3n) is 6.54. The van der Waals surface area contributed by atoms with Gasteiger partial charge in [-0.25, -0.2) is 22.2 Å². The van der Waals surface area contributed by atoms with Gasteiger partial charge in [0.25, 0.3) is 11.5 Å². The lowest BCUT2D eigenvalue weighted by atomic mass is 10.0. The molecule has 2 heterocycles. The van der Waals surface area contributed by atoms with Crippen LogP contribution < -0.4 is 20.3 Å². The van der Waals surface area contributed by atoms with E-state index in [2.05, 4.69) is 15.6 Å². The van der Waals surface area contributed by atoms with Gasteiger partial charge in [0.15, 0.2) is 5.69 Å². The fourth-order valence-electron chi connectivity index (χ4n) is 4.43. The number of rotatable bonds is 11. The molecule has 0 spiro atoms. The first-order valence-electron chi connectivity index (χ1n) is 13.2. The number of aromatic nitrogens is 4. The lowest BCUT2D eigenvalue weighted by Gasteiger charge is -2.22. The Morgan fingerprint density at radius 3 is 2.38 bits per heavy atom. The fourth-order valence-corrected chi connectivity index (χ4v) is 5.05. The molecule has 0 unspecified atom stereocenters. The quantitative estimate of drug-likeness (QED) is 0.222. The average Bonchev–Trinajstić information content (AvgIpc) is 3.48. The monoisotopic (exact) mass is 700 g/mol. The largest absolute Gasteiger partial charge is 0.495 e. The van der Waals surface area contributed by atoms with Crippen LogP contribution >= 0.6 is 11.6 Å². The first-order chi connectivity index (χ1) is 22.0. The second-order valence-corrected chi connectivity index (χ2v) is 12.1. The van der Waals surface area contributed by atoms with Crippen LogP contribution in [-0.2, 0) is 25.7 Å². The van der Waals surface area contributed by atoms with Crippen LogP contribution in [0.15, 0.2) is 59.7 Å². The number of hydrogen-bond donors (Lipinski definition) is 2. The minimum absolute atomic E-state index is 0.000164. The average molecular weight is 701 g/mol. The van der Waals surface area contributed by atoms with E-state index in [0.717, 1.165) is 39.8 Å². The second-order valence-electron chi connectivity index (χ2n) is 9.89. The van der Waals surface area contributed by atoms with E-state index < -0.39 is 56.7 Å². The number of hydrogen-bond acceptors (Lipinski definition) is 9. The van der Waals surface area contributed by atoms with Crippen molar-refractivity contribution in [2.45, 2.75) is 18.6 Å². The van der Waals surface area contributed by atoms with Gasteiger partial charge >= 0.3 is 6.18 Å². The molecule has 4 rings (SSSR count). The van der Waals surface area contributed by atoms with E-state index in [1.165, 1.54) is 38.6 Å². The highest BCUT2D eigenvalue weighted by Crippen LogP contribution is 2.36. The molecular weight excluding hydrogens is 676 g/mol. The third-order valence-corrected chi connectivity index (χ3v) is 7.33. The summed E-state index contributed by atoms with van der Waals surface area (Å²) >= 11 is 6.20. The maximum atomic E-state index is 14.7. The molecule has 13 nitrogen and oxygen atoms in total. The van der Waals surface area contributed by atoms with Gasteiger partial charge in [-0.1, -0.05) is 16.8 Å². The Morgan fingerprint density at radius 1 is 1.06 bits per heavy atom. The van der Waals surface area contributed by atoms with E-state index in [4.69, 9.17) is 21.1 Å². The number of halogens is 5. The molecule has 0 fully saturated rings. The Bertz CT molecular complexity index is 2000. The van der Waals surface area contributed by atoms with E-state index in [0.29, 0.717) is 6.20 Å². The molecule has 2 amide bonds. The summed E-state index contributed by atoms with van der Waals surface area (Å²) in [6.45, 7) is -0.000164. The van der Waals surface area contributed by atoms with E-state index in [9.17, 15) is 40.4 Å². The molecule has 47 heavy (non-hydrogen) atoms. The highest BCUT2D eigenvalue weighted by Gasteiger charge is 2.35. The van der Waals surface area contributed by atoms with E-state index in [1.807, 2.05) is 0 Å². The maximum absolute atomic E-state index is 14.7. The van der Waals surface area contributed by atoms with Crippen molar-refractivity contribution in [1.82, 2.24) is 24.3 Å². The number of methoxy groups -OCH3 is 2. The number of ether oxygens (including phenoxy) is 2. The third kappa shape index (κ3) is 8.32. The molecule has 0 bridgehead atoms. The predicted octanol–water partition coefficient (Wildman–Crippen LogP) is 3.82. The minimum Gasteiger partial charge on any atom is -0.495 e. The fraction of sp³-hybridized carbons (Fsp3) is 0.250. The maximum Gasteiger partial charge on any atom is 0.436 e. The number of sulfonamides is 1. The number of alkyl halides is 3. The summed E-state index contributed by atoms with van der Waals surface area (Å²) < 4.78 is 91.1. The zero-order valence-electron chi connectivity index (χ0n) is 24.6. The van der Waals surface area contributed by atoms with Crippen LogP contribution in [0.1, 0.15) is 28.5 Å². The van der Waals surface area contributed by atoms with Gasteiger partial charge in [-0.15, -0.1) is 5.10 Å². The second kappa shape index (κ2) is 13.9. The number of benzene rings is 2. The number of carbonyl (C=O) groups is 2. The van der Waals surface area contributed by atoms with Gasteiger partial charge in [-0.2, -0.15) is 13.2 Å². The number of pyridine rings is 1. The van der Waals surface area contributed by atoms with Crippen LogP contribution in [-0.4, -0.2) is 66.9 Å². The van der Waals surface area contributed by atoms with Crippen LogP contribution in [0.25, 0.3) is 16.8 Å². The molecule has 4 aromatic rings. The van der Waals surface area contributed by atoms with Crippen LogP contribution in [0.4, 0.5) is 23.2 Å². The minimum atomic E-state index is -4.76.